The molecule has 2 fully saturated rings. The molecule has 38 heavy (non-hydrogen) atoms. The number of benzene rings is 1. The maximum absolute atomic E-state index is 12.2. The maximum Gasteiger partial charge on any atom is 0.337 e. The van der Waals surface area contributed by atoms with Crippen molar-refractivity contribution in [1.82, 2.24) is 0 Å². The molecule has 2 saturated heterocycles. The Morgan fingerprint density at radius 3 is 2.45 bits per heavy atom. The van der Waals surface area contributed by atoms with E-state index in [1.807, 2.05) is 0 Å². The zero-order valence-electron chi connectivity index (χ0n) is 20.2. The number of aliphatic hydroxyl groups excluding tert-OH is 6. The van der Waals surface area contributed by atoms with Gasteiger partial charge < -0.3 is 54.7 Å². The summed E-state index contributed by atoms with van der Waals surface area (Å²) in [4.78, 5) is 24.2. The minimum Gasteiger partial charge on any atom is -0.508 e. The van der Waals surface area contributed by atoms with Gasteiger partial charge in [-0.25, -0.2) is 9.59 Å². The molecule has 208 valence electrons. The van der Waals surface area contributed by atoms with Crippen LogP contribution in [0.5, 0.6) is 5.75 Å². The first-order valence-corrected chi connectivity index (χ1v) is 11.6. The van der Waals surface area contributed by atoms with Gasteiger partial charge >= 0.3 is 11.9 Å². The van der Waals surface area contributed by atoms with E-state index in [-0.39, 0.29) is 16.9 Å². The number of aliphatic hydroxyl groups is 6. The van der Waals surface area contributed by atoms with Crippen LogP contribution in [-0.4, -0.2) is 110 Å². The first kappa shape index (κ1) is 29.4. The maximum atomic E-state index is 12.2. The molecule has 0 aliphatic carbocycles. The molecule has 13 nitrogen and oxygen atoms in total. The number of phenolic OH excluding ortho intramolecular Hbond substituents is 1. The van der Waals surface area contributed by atoms with Crippen molar-refractivity contribution in [2.45, 2.75) is 55.9 Å². The highest BCUT2D eigenvalue weighted by molar-refractivity contribution is 5.92. The highest BCUT2D eigenvalue weighted by atomic mass is 16.7. The average Bonchev–Trinajstić information content (AvgIpc) is 3.19. The fourth-order valence-corrected chi connectivity index (χ4v) is 3.70. The largest absolute Gasteiger partial charge is 0.508 e. The molecule has 0 saturated carbocycles. The van der Waals surface area contributed by atoms with E-state index in [1.165, 1.54) is 25.1 Å². The van der Waals surface area contributed by atoms with E-state index >= 15 is 0 Å². The third-order valence-corrected chi connectivity index (χ3v) is 5.96. The SMILES string of the molecule is C/C(=C\OC(=O)/C=C/c1ccc(O)cc1)[C@H](O)[C@@H]1OC(=O)/C(=C\CO[C@H]2O[C@@H](CO)[C@@H](O)[C@@H](O)[C@H]2O)[C@H]1O. The first-order valence-electron chi connectivity index (χ1n) is 11.6. The van der Waals surface area contributed by atoms with Crippen LogP contribution in [0.1, 0.15) is 12.5 Å². The highest BCUT2D eigenvalue weighted by Gasteiger charge is 2.45. The van der Waals surface area contributed by atoms with Crippen LogP contribution in [0.2, 0.25) is 0 Å². The van der Waals surface area contributed by atoms with E-state index < -0.39 is 74.2 Å². The zero-order valence-corrected chi connectivity index (χ0v) is 20.2. The number of cyclic esters (lactones) is 1. The second-order valence-corrected chi connectivity index (χ2v) is 8.67. The number of rotatable bonds is 9. The Kier molecular flexibility index (Phi) is 10.1. The lowest BCUT2D eigenvalue weighted by Gasteiger charge is -2.39. The molecule has 0 unspecified atom stereocenters. The van der Waals surface area contributed by atoms with Gasteiger partial charge in [0.2, 0.25) is 0 Å². The summed E-state index contributed by atoms with van der Waals surface area (Å²) in [5.74, 6) is -1.63. The molecular weight excluding hydrogens is 508 g/mol. The van der Waals surface area contributed by atoms with Gasteiger partial charge in [-0.2, -0.15) is 0 Å². The van der Waals surface area contributed by atoms with E-state index in [0.717, 1.165) is 18.4 Å². The third kappa shape index (κ3) is 7.03. The van der Waals surface area contributed by atoms with Crippen LogP contribution >= 0.6 is 0 Å². The number of hydrogen-bond acceptors (Lipinski definition) is 13. The number of hydrogen-bond donors (Lipinski definition) is 7. The Morgan fingerprint density at radius 2 is 1.79 bits per heavy atom. The van der Waals surface area contributed by atoms with Crippen molar-refractivity contribution in [3.05, 3.63) is 59.4 Å². The molecular formula is C25H30O13. The molecule has 3 rings (SSSR count). The van der Waals surface area contributed by atoms with Crippen LogP contribution in [-0.2, 0) is 28.5 Å². The molecule has 0 amide bonds. The second-order valence-electron chi connectivity index (χ2n) is 8.67. The van der Waals surface area contributed by atoms with Crippen LogP contribution in [0.15, 0.2) is 53.8 Å². The minimum absolute atomic E-state index is 0.0754. The van der Waals surface area contributed by atoms with Gasteiger partial charge in [0, 0.05) is 6.08 Å². The van der Waals surface area contributed by atoms with E-state index in [2.05, 4.69) is 0 Å². The number of esters is 2. The molecule has 13 heteroatoms. The standard InChI is InChI=1S/C25H30O13/c1-12(11-36-17(28)7-4-13-2-5-14(27)6-3-13)18(29)23-19(30)15(24(34)38-23)8-9-35-25-22(33)21(32)20(31)16(10-26)37-25/h2-8,11,16,18-23,25-27,29-33H,9-10H2,1H3/b7-4+,12-11+,15-8-/t16-,18-,19+,20+,21+,22+,23-,25-/m0/s1. The number of carbonyl (C=O) groups is 2. The summed E-state index contributed by atoms with van der Waals surface area (Å²) >= 11 is 0. The van der Waals surface area contributed by atoms with Crippen molar-refractivity contribution >= 4 is 18.0 Å². The normalized spacial score (nSPS) is 32.0. The fourth-order valence-electron chi connectivity index (χ4n) is 3.70. The topological polar surface area (TPSA) is 213 Å². The van der Waals surface area contributed by atoms with Crippen molar-refractivity contribution in [3.8, 4) is 5.75 Å². The van der Waals surface area contributed by atoms with Crippen LogP contribution in [0.4, 0.5) is 0 Å². The van der Waals surface area contributed by atoms with Crippen LogP contribution in [0.3, 0.4) is 0 Å². The van der Waals surface area contributed by atoms with Gasteiger partial charge in [-0.15, -0.1) is 0 Å². The zero-order chi connectivity index (χ0) is 28.0. The van der Waals surface area contributed by atoms with Gasteiger partial charge in [-0.1, -0.05) is 12.1 Å². The quantitative estimate of drug-likeness (QED) is 0.106. The van der Waals surface area contributed by atoms with E-state index in [4.69, 9.17) is 18.9 Å². The van der Waals surface area contributed by atoms with Crippen molar-refractivity contribution in [3.63, 3.8) is 0 Å². The monoisotopic (exact) mass is 538 g/mol. The molecule has 2 aliphatic rings. The Morgan fingerprint density at radius 1 is 1.11 bits per heavy atom. The molecule has 0 radical (unpaired) electrons. The lowest BCUT2D eigenvalue weighted by atomic mass is 9.99. The fraction of sp³-hybridized carbons (Fsp3) is 0.440. The van der Waals surface area contributed by atoms with E-state index in [1.54, 1.807) is 12.1 Å². The average molecular weight is 539 g/mol. The predicted octanol–water partition coefficient (Wildman–Crippen LogP) is -1.76. The molecule has 8 atom stereocenters. The van der Waals surface area contributed by atoms with Gasteiger partial charge in [0.15, 0.2) is 12.4 Å². The molecule has 0 spiro atoms. The first-order chi connectivity index (χ1) is 18.0. The second kappa shape index (κ2) is 13.1. The summed E-state index contributed by atoms with van der Waals surface area (Å²) in [6.45, 7) is 0.353. The van der Waals surface area contributed by atoms with E-state index in [0.29, 0.717) is 5.56 Å². The summed E-state index contributed by atoms with van der Waals surface area (Å²) in [6.07, 6.45) is -7.33. The van der Waals surface area contributed by atoms with Gasteiger partial charge in [0.05, 0.1) is 25.0 Å². The summed E-state index contributed by atoms with van der Waals surface area (Å²) in [7, 11) is 0. The van der Waals surface area contributed by atoms with Gasteiger partial charge in [-0.05, 0) is 42.3 Å². The van der Waals surface area contributed by atoms with Crippen molar-refractivity contribution in [2.75, 3.05) is 13.2 Å². The predicted molar refractivity (Wildman–Crippen MR) is 127 cm³/mol. The van der Waals surface area contributed by atoms with Crippen LogP contribution in [0, 0.1) is 0 Å². The van der Waals surface area contributed by atoms with E-state index in [9.17, 15) is 45.3 Å². The number of aromatic hydroxyl groups is 1. The molecule has 7 N–H and O–H groups in total. The number of ether oxygens (including phenoxy) is 4. The number of phenols is 1. The van der Waals surface area contributed by atoms with Crippen LogP contribution in [0.25, 0.3) is 6.08 Å². The van der Waals surface area contributed by atoms with Crippen molar-refractivity contribution in [2.24, 2.45) is 0 Å². The summed E-state index contributed by atoms with van der Waals surface area (Å²) in [6, 6.07) is 6.06. The lowest BCUT2D eigenvalue weighted by Crippen LogP contribution is -2.59. The van der Waals surface area contributed by atoms with Gasteiger partial charge in [-0.3, -0.25) is 0 Å². The van der Waals surface area contributed by atoms with Gasteiger partial charge in [0.25, 0.3) is 0 Å². The molecule has 2 aliphatic heterocycles. The van der Waals surface area contributed by atoms with Gasteiger partial charge in [0.1, 0.15) is 42.4 Å². The van der Waals surface area contributed by atoms with Crippen molar-refractivity contribution in [1.29, 1.82) is 0 Å². The Bertz CT molecular complexity index is 1060. The lowest BCUT2D eigenvalue weighted by molar-refractivity contribution is -0.298. The number of carbonyl (C=O) groups excluding carboxylic acids is 2. The highest BCUT2D eigenvalue weighted by Crippen LogP contribution is 2.27. The van der Waals surface area contributed by atoms with Crippen LogP contribution < -0.4 is 0 Å². The Balaban J connectivity index is 1.55. The molecule has 1 aromatic rings. The molecule has 0 aromatic heterocycles. The minimum atomic E-state index is -1.65. The molecule has 2 heterocycles. The molecule has 0 bridgehead atoms. The molecule has 1 aromatic carbocycles. The summed E-state index contributed by atoms with van der Waals surface area (Å²) < 4.78 is 20.5. The third-order valence-electron chi connectivity index (χ3n) is 5.96. The summed E-state index contributed by atoms with van der Waals surface area (Å²) in [5, 5.41) is 69.1. The van der Waals surface area contributed by atoms with Crippen molar-refractivity contribution < 1.29 is 64.3 Å². The Hall–Kier alpha value is -3.14. The summed E-state index contributed by atoms with van der Waals surface area (Å²) in [5.41, 5.74) is 0.462. The Labute approximate surface area is 217 Å². The smallest absolute Gasteiger partial charge is 0.337 e.